The van der Waals surface area contributed by atoms with Crippen LogP contribution in [0.3, 0.4) is 0 Å². The Kier molecular flexibility index (Phi) is 3.97. The minimum atomic E-state index is -0.278. The normalized spacial score (nSPS) is 12.0. The first-order valence-corrected chi connectivity index (χ1v) is 2.69. The van der Waals surface area contributed by atoms with Gasteiger partial charge in [0.25, 0.3) is 0 Å². The van der Waals surface area contributed by atoms with Gasteiger partial charge in [0.1, 0.15) is 0 Å². The van der Waals surface area contributed by atoms with Crippen molar-refractivity contribution in [2.75, 3.05) is 0 Å². The van der Waals surface area contributed by atoms with Crippen LogP contribution in [-0.2, 0) is 4.79 Å². The Balaban J connectivity index is 3.40. The predicted octanol–water partition coefficient (Wildman–Crippen LogP) is 1.15. The van der Waals surface area contributed by atoms with E-state index in [0.29, 0.717) is 0 Å². The van der Waals surface area contributed by atoms with Gasteiger partial charge in [-0.1, -0.05) is 19.3 Å². The molecule has 43 valence electrons. The van der Waals surface area contributed by atoms with E-state index in [1.54, 1.807) is 6.29 Å². The van der Waals surface area contributed by atoms with Crippen molar-refractivity contribution in [1.29, 1.82) is 0 Å². The van der Waals surface area contributed by atoms with E-state index in [1.165, 1.54) is 0 Å². The Bertz CT molecular complexity index is 99.4. The van der Waals surface area contributed by atoms with Gasteiger partial charge in [0, 0.05) is 0 Å². The summed E-state index contributed by atoms with van der Waals surface area (Å²) in [6.07, 6.45) is 8.44. The first-order chi connectivity index (χ1) is 3.85. The molecule has 0 saturated heterocycles. The van der Waals surface area contributed by atoms with Crippen LogP contribution in [0.5, 0.6) is 0 Å². The second kappa shape index (κ2) is 4.39. The summed E-state index contributed by atoms with van der Waals surface area (Å²) in [4.78, 5) is 9.86. The van der Waals surface area contributed by atoms with Crippen LogP contribution in [0.4, 0.5) is 0 Å². The van der Waals surface area contributed by atoms with Crippen molar-refractivity contribution in [1.82, 2.24) is 0 Å². The Labute approximate surface area is 50.1 Å². The van der Waals surface area contributed by atoms with Crippen molar-refractivity contribution in [3.63, 3.8) is 0 Å². The molecule has 0 N–H and O–H groups in total. The first kappa shape index (κ1) is 7.23. The molecule has 0 spiro atoms. The second-order valence-corrected chi connectivity index (χ2v) is 1.63. The summed E-state index contributed by atoms with van der Waals surface area (Å²) in [6, 6.07) is 0. The fourth-order valence-corrected chi connectivity index (χ4v) is 0.465. The lowest BCUT2D eigenvalue weighted by Gasteiger charge is -1.93. The number of hydrogen-bond donors (Lipinski definition) is 0. The highest BCUT2D eigenvalue weighted by atomic mass is 16.1. The van der Waals surface area contributed by atoms with Gasteiger partial charge < -0.3 is 0 Å². The zero-order valence-corrected chi connectivity index (χ0v) is 4.98. The summed E-state index contributed by atoms with van der Waals surface area (Å²) < 4.78 is 0. The van der Waals surface area contributed by atoms with Gasteiger partial charge in [0.05, 0.1) is 5.92 Å². The molecule has 1 heteroatoms. The predicted molar refractivity (Wildman–Crippen MR) is 32.9 cm³/mol. The van der Waals surface area contributed by atoms with Crippen LogP contribution in [0.2, 0.25) is 0 Å². The first-order valence-electron chi connectivity index (χ1n) is 2.69. The largest absolute Gasteiger partial charge is 0.289 e. The molecule has 1 unspecified atom stereocenters. The molecule has 0 heterocycles. The monoisotopic (exact) mass is 109 g/mol. The van der Waals surface area contributed by atoms with Crippen LogP contribution in [-0.4, -0.2) is 6.29 Å². The number of carbonyl (C=O) groups excluding carboxylic acids is 1. The zero-order chi connectivity index (χ0) is 6.41. The third-order valence-corrected chi connectivity index (χ3v) is 0.921. The molecule has 0 rings (SSSR count). The average Bonchev–Trinajstić information content (AvgIpc) is 1.83. The third kappa shape index (κ3) is 2.41. The zero-order valence-electron chi connectivity index (χ0n) is 4.98. The van der Waals surface area contributed by atoms with E-state index >= 15 is 0 Å². The Morgan fingerprint density at radius 2 is 2.38 bits per heavy atom. The van der Waals surface area contributed by atoms with Gasteiger partial charge in [0.2, 0.25) is 6.29 Å². The van der Waals surface area contributed by atoms with Crippen molar-refractivity contribution >= 4 is 6.29 Å². The minimum absolute atomic E-state index is 0.278. The Morgan fingerprint density at radius 3 is 2.50 bits per heavy atom. The summed E-state index contributed by atoms with van der Waals surface area (Å²) in [6.45, 7) is 1.99. The van der Waals surface area contributed by atoms with Crippen LogP contribution in [0.25, 0.3) is 0 Å². The molecular weight excluding hydrogens is 100 g/mol. The second-order valence-electron chi connectivity index (χ2n) is 1.63. The molecule has 0 aliphatic rings. The molecule has 1 atom stereocenters. The van der Waals surface area contributed by atoms with Crippen LogP contribution >= 0.6 is 0 Å². The lowest BCUT2D eigenvalue weighted by atomic mass is 10.1. The van der Waals surface area contributed by atoms with Crippen molar-refractivity contribution in [3.8, 4) is 12.3 Å². The van der Waals surface area contributed by atoms with Gasteiger partial charge >= 0.3 is 0 Å². The van der Waals surface area contributed by atoms with Gasteiger partial charge in [-0.2, -0.15) is 0 Å². The number of terminal acetylenes is 1. The van der Waals surface area contributed by atoms with E-state index in [0.717, 1.165) is 12.8 Å². The van der Waals surface area contributed by atoms with E-state index in [9.17, 15) is 4.79 Å². The Morgan fingerprint density at radius 1 is 1.75 bits per heavy atom. The molecule has 0 aromatic heterocycles. The number of hydrogen-bond acceptors (Lipinski definition) is 1. The van der Waals surface area contributed by atoms with E-state index in [1.807, 2.05) is 6.92 Å². The highest BCUT2D eigenvalue weighted by Gasteiger charge is 1.99. The smallest absolute Gasteiger partial charge is 0.214 e. The summed E-state index contributed by atoms with van der Waals surface area (Å²) in [5, 5.41) is 0. The molecule has 0 amide bonds. The molecule has 1 nitrogen and oxygen atoms in total. The highest BCUT2D eigenvalue weighted by molar-refractivity contribution is 5.58. The van der Waals surface area contributed by atoms with Crippen molar-refractivity contribution in [3.05, 3.63) is 0 Å². The summed E-state index contributed by atoms with van der Waals surface area (Å²) >= 11 is 0. The van der Waals surface area contributed by atoms with E-state index in [2.05, 4.69) is 5.92 Å². The molecule has 1 radical (unpaired) electrons. The maximum absolute atomic E-state index is 9.86. The van der Waals surface area contributed by atoms with E-state index < -0.39 is 0 Å². The molecule has 0 fully saturated rings. The molecule has 0 bridgehead atoms. The van der Waals surface area contributed by atoms with Crippen LogP contribution in [0.1, 0.15) is 19.8 Å². The van der Waals surface area contributed by atoms with Crippen LogP contribution < -0.4 is 0 Å². The fourth-order valence-electron chi connectivity index (χ4n) is 0.465. The molecule has 0 aliphatic heterocycles. The fraction of sp³-hybridized carbons (Fsp3) is 0.571. The summed E-state index contributed by atoms with van der Waals surface area (Å²) in [7, 11) is 0. The molecule has 0 aromatic carbocycles. The Hall–Kier alpha value is -0.770. The van der Waals surface area contributed by atoms with Crippen molar-refractivity contribution < 1.29 is 4.79 Å². The molecule has 0 saturated carbocycles. The van der Waals surface area contributed by atoms with Gasteiger partial charge in [-0.15, -0.1) is 6.42 Å². The molecular formula is C7H9O. The standard InChI is InChI=1S/C7H9O/c1-3-5-7(4-2)6-8/h2,7H,3,5H2,1H3. The van der Waals surface area contributed by atoms with Crippen molar-refractivity contribution in [2.24, 2.45) is 5.92 Å². The topological polar surface area (TPSA) is 17.1 Å². The van der Waals surface area contributed by atoms with E-state index in [4.69, 9.17) is 6.42 Å². The highest BCUT2D eigenvalue weighted by Crippen LogP contribution is 1.99. The maximum Gasteiger partial charge on any atom is 0.214 e. The number of rotatable bonds is 3. The summed E-state index contributed by atoms with van der Waals surface area (Å²) in [5.41, 5.74) is 0. The van der Waals surface area contributed by atoms with Gasteiger partial charge in [-0.05, 0) is 6.42 Å². The molecule has 8 heavy (non-hydrogen) atoms. The van der Waals surface area contributed by atoms with Crippen LogP contribution in [0.15, 0.2) is 0 Å². The SMILES string of the molecule is C#CC([C]=O)CCC. The van der Waals surface area contributed by atoms with Crippen molar-refractivity contribution in [2.45, 2.75) is 19.8 Å². The van der Waals surface area contributed by atoms with Gasteiger partial charge in [0.15, 0.2) is 0 Å². The molecule has 0 aromatic rings. The van der Waals surface area contributed by atoms with Gasteiger partial charge in [-0.3, -0.25) is 4.79 Å². The summed E-state index contributed by atoms with van der Waals surface area (Å²) in [5.74, 6) is 2.05. The van der Waals surface area contributed by atoms with E-state index in [-0.39, 0.29) is 5.92 Å². The third-order valence-electron chi connectivity index (χ3n) is 0.921. The van der Waals surface area contributed by atoms with Crippen LogP contribution in [0, 0.1) is 18.3 Å². The lowest BCUT2D eigenvalue weighted by molar-refractivity contribution is 0.533. The average molecular weight is 109 g/mol. The maximum atomic E-state index is 9.86. The molecule has 0 aliphatic carbocycles. The lowest BCUT2D eigenvalue weighted by Crippen LogP contribution is -1.95. The quantitative estimate of drug-likeness (QED) is 0.497. The van der Waals surface area contributed by atoms with Gasteiger partial charge in [-0.25, -0.2) is 0 Å². The minimum Gasteiger partial charge on any atom is -0.289 e.